The highest BCUT2D eigenvalue weighted by atomic mass is 35.5. The average Bonchev–Trinajstić information content (AvgIpc) is 3.13. The van der Waals surface area contributed by atoms with Gasteiger partial charge in [-0.25, -0.2) is 4.68 Å². The summed E-state index contributed by atoms with van der Waals surface area (Å²) in [4.78, 5) is 26.8. The molecule has 1 aliphatic heterocycles. The Morgan fingerprint density at radius 1 is 1.34 bits per heavy atom. The summed E-state index contributed by atoms with van der Waals surface area (Å²) in [5, 5.41) is 24.9. The first kappa shape index (κ1) is 21.2. The number of carbonyl (C=O) groups is 2. The van der Waals surface area contributed by atoms with Crippen molar-refractivity contribution in [3.8, 4) is 5.69 Å². The summed E-state index contributed by atoms with van der Waals surface area (Å²) in [6.45, 7) is 7.63. The van der Waals surface area contributed by atoms with Gasteiger partial charge in [0.1, 0.15) is 18.5 Å². The lowest BCUT2D eigenvalue weighted by molar-refractivity contribution is -0.158. The number of likely N-dealkylation sites (tertiary alicyclic amines) is 1. The van der Waals surface area contributed by atoms with E-state index in [1.807, 2.05) is 6.92 Å². The molecule has 0 radical (unpaired) electrons. The number of hydrogen-bond donors (Lipinski definition) is 2. The second-order valence-electron chi connectivity index (χ2n) is 8.29. The molecule has 10 heteroatoms. The van der Waals surface area contributed by atoms with Gasteiger partial charge in [-0.3, -0.25) is 9.59 Å². The molecule has 0 aliphatic carbocycles. The Hall–Kier alpha value is -2.52. The van der Waals surface area contributed by atoms with Crippen LogP contribution < -0.4 is 5.32 Å². The van der Waals surface area contributed by atoms with E-state index in [9.17, 15) is 14.7 Å². The van der Waals surface area contributed by atoms with Crippen LogP contribution in [0.1, 0.15) is 45.7 Å². The number of nitrogens with one attached hydrogen (secondary N) is 1. The predicted molar refractivity (Wildman–Crippen MR) is 106 cm³/mol. The molecule has 0 spiro atoms. The van der Waals surface area contributed by atoms with E-state index in [1.165, 1.54) is 15.9 Å². The zero-order valence-electron chi connectivity index (χ0n) is 16.8. The molecule has 3 rings (SSSR count). The van der Waals surface area contributed by atoms with Gasteiger partial charge in [0.25, 0.3) is 5.91 Å². The number of rotatable bonds is 5. The minimum Gasteiger partial charge on any atom is -0.383 e. The first-order valence-electron chi connectivity index (χ1n) is 9.41. The molecule has 1 unspecified atom stereocenters. The third-order valence-electron chi connectivity index (χ3n) is 5.07. The van der Waals surface area contributed by atoms with Gasteiger partial charge in [-0.05, 0) is 47.4 Å². The van der Waals surface area contributed by atoms with Gasteiger partial charge in [-0.15, -0.1) is 5.10 Å². The Kier molecular flexibility index (Phi) is 5.90. The van der Waals surface area contributed by atoms with Crippen LogP contribution in [0.4, 0.5) is 0 Å². The van der Waals surface area contributed by atoms with E-state index < -0.39 is 29.5 Å². The summed E-state index contributed by atoms with van der Waals surface area (Å²) in [6, 6.07) is 4.24. The molecular weight excluding hydrogens is 396 g/mol. The standard InChI is InChI=1S/C19H25ClN6O3/c1-11(13-9-12(20)5-6-14(13)26-10-21-23-24-26)22-17(28)15-7-8-25(15)18(29)16(27)19(2,3)4/h5-6,9-11,15-16,27H,7-8H2,1-4H3,(H,22,28)/t11?,15-,16-/m0/s1. The molecular formula is C19H25ClN6O3. The van der Waals surface area contributed by atoms with Crippen LogP contribution in [0.5, 0.6) is 0 Å². The molecule has 1 fully saturated rings. The van der Waals surface area contributed by atoms with E-state index in [-0.39, 0.29) is 5.91 Å². The molecule has 1 saturated heterocycles. The Labute approximate surface area is 174 Å². The third-order valence-corrected chi connectivity index (χ3v) is 5.31. The van der Waals surface area contributed by atoms with Gasteiger partial charge in [0, 0.05) is 17.1 Å². The number of aliphatic hydroxyl groups excluding tert-OH is 1. The van der Waals surface area contributed by atoms with Gasteiger partial charge in [-0.2, -0.15) is 0 Å². The second kappa shape index (κ2) is 8.08. The van der Waals surface area contributed by atoms with Crippen LogP contribution in [0, 0.1) is 5.41 Å². The molecule has 1 aromatic heterocycles. The summed E-state index contributed by atoms with van der Waals surface area (Å²) in [5.74, 6) is -0.700. The van der Waals surface area contributed by atoms with Crippen molar-refractivity contribution in [1.29, 1.82) is 0 Å². The van der Waals surface area contributed by atoms with E-state index >= 15 is 0 Å². The molecule has 156 valence electrons. The summed E-state index contributed by atoms with van der Waals surface area (Å²) in [7, 11) is 0. The van der Waals surface area contributed by atoms with Crippen molar-refractivity contribution in [1.82, 2.24) is 30.4 Å². The summed E-state index contributed by atoms with van der Waals surface area (Å²) >= 11 is 6.15. The molecule has 9 nitrogen and oxygen atoms in total. The van der Waals surface area contributed by atoms with Crippen molar-refractivity contribution in [2.45, 2.75) is 52.3 Å². The Morgan fingerprint density at radius 3 is 2.62 bits per heavy atom. The smallest absolute Gasteiger partial charge is 0.252 e. The molecule has 3 atom stereocenters. The fraction of sp³-hybridized carbons (Fsp3) is 0.526. The maximum Gasteiger partial charge on any atom is 0.252 e. The number of aliphatic hydroxyl groups is 1. The molecule has 2 N–H and O–H groups in total. The number of nitrogens with zero attached hydrogens (tertiary/aromatic N) is 5. The van der Waals surface area contributed by atoms with Crippen molar-refractivity contribution in [2.24, 2.45) is 5.41 Å². The Balaban J connectivity index is 1.73. The molecule has 29 heavy (non-hydrogen) atoms. The van der Waals surface area contributed by atoms with Crippen molar-refractivity contribution < 1.29 is 14.7 Å². The molecule has 0 bridgehead atoms. The van der Waals surface area contributed by atoms with E-state index in [4.69, 9.17) is 11.6 Å². The van der Waals surface area contributed by atoms with Crippen LogP contribution in [-0.2, 0) is 9.59 Å². The van der Waals surface area contributed by atoms with E-state index in [0.29, 0.717) is 23.7 Å². The maximum absolute atomic E-state index is 12.8. The predicted octanol–water partition coefficient (Wildman–Crippen LogP) is 1.50. The summed E-state index contributed by atoms with van der Waals surface area (Å²) in [5.41, 5.74) is 0.838. The minimum absolute atomic E-state index is 0.277. The molecule has 1 aromatic carbocycles. The van der Waals surface area contributed by atoms with Crippen LogP contribution in [0.3, 0.4) is 0 Å². The van der Waals surface area contributed by atoms with Gasteiger partial charge in [0.05, 0.1) is 11.7 Å². The van der Waals surface area contributed by atoms with Crippen molar-refractivity contribution in [2.75, 3.05) is 6.54 Å². The number of hydrogen-bond acceptors (Lipinski definition) is 6. The highest BCUT2D eigenvalue weighted by molar-refractivity contribution is 6.30. The highest BCUT2D eigenvalue weighted by Crippen LogP contribution is 2.28. The average molecular weight is 421 g/mol. The lowest BCUT2D eigenvalue weighted by Crippen LogP contribution is -2.61. The normalized spacial score (nSPS) is 18.7. The van der Waals surface area contributed by atoms with Crippen LogP contribution >= 0.6 is 11.6 Å². The number of amides is 2. The first-order valence-corrected chi connectivity index (χ1v) is 9.79. The maximum atomic E-state index is 12.8. The molecule has 0 saturated carbocycles. The van der Waals surface area contributed by atoms with Crippen molar-refractivity contribution in [3.63, 3.8) is 0 Å². The van der Waals surface area contributed by atoms with Gasteiger partial charge >= 0.3 is 0 Å². The summed E-state index contributed by atoms with van der Waals surface area (Å²) < 4.78 is 1.49. The zero-order chi connectivity index (χ0) is 21.3. The second-order valence-corrected chi connectivity index (χ2v) is 8.73. The number of carbonyl (C=O) groups excluding carboxylic acids is 2. The lowest BCUT2D eigenvalue weighted by Gasteiger charge is -2.43. The van der Waals surface area contributed by atoms with E-state index in [1.54, 1.807) is 39.0 Å². The number of benzene rings is 1. The Bertz CT molecular complexity index is 896. The number of aromatic nitrogens is 4. The number of tetrazole rings is 1. The summed E-state index contributed by atoms with van der Waals surface area (Å²) in [6.07, 6.45) is 0.854. The topological polar surface area (TPSA) is 113 Å². The molecule has 2 aromatic rings. The fourth-order valence-corrected chi connectivity index (χ4v) is 3.37. The third kappa shape index (κ3) is 4.40. The van der Waals surface area contributed by atoms with Gasteiger partial charge in [-0.1, -0.05) is 32.4 Å². The zero-order valence-corrected chi connectivity index (χ0v) is 17.6. The number of halogens is 1. The van der Waals surface area contributed by atoms with Crippen LogP contribution in [0.25, 0.3) is 5.69 Å². The van der Waals surface area contributed by atoms with E-state index in [2.05, 4.69) is 20.8 Å². The monoisotopic (exact) mass is 420 g/mol. The van der Waals surface area contributed by atoms with Crippen LogP contribution in [0.15, 0.2) is 24.5 Å². The lowest BCUT2D eigenvalue weighted by atomic mass is 9.86. The molecule has 2 amide bonds. The SMILES string of the molecule is CC(NC(=O)[C@@H]1CCN1C(=O)[C@H](O)C(C)(C)C)c1cc(Cl)ccc1-n1cnnn1. The molecule has 2 heterocycles. The Morgan fingerprint density at radius 2 is 2.07 bits per heavy atom. The highest BCUT2D eigenvalue weighted by Gasteiger charge is 2.43. The van der Waals surface area contributed by atoms with Crippen LogP contribution in [0.2, 0.25) is 5.02 Å². The quantitative estimate of drug-likeness (QED) is 0.757. The minimum atomic E-state index is -1.16. The fourth-order valence-electron chi connectivity index (χ4n) is 3.19. The van der Waals surface area contributed by atoms with Gasteiger partial charge < -0.3 is 15.3 Å². The molecule has 1 aliphatic rings. The van der Waals surface area contributed by atoms with Crippen LogP contribution in [-0.4, -0.2) is 60.7 Å². The van der Waals surface area contributed by atoms with Gasteiger partial charge in [0.2, 0.25) is 5.91 Å². The van der Waals surface area contributed by atoms with E-state index in [0.717, 1.165) is 5.56 Å². The first-order chi connectivity index (χ1) is 13.6. The van der Waals surface area contributed by atoms with Crippen molar-refractivity contribution >= 4 is 23.4 Å². The largest absolute Gasteiger partial charge is 0.383 e. The van der Waals surface area contributed by atoms with Crippen molar-refractivity contribution in [3.05, 3.63) is 35.1 Å². The van der Waals surface area contributed by atoms with Gasteiger partial charge in [0.15, 0.2) is 0 Å².